The lowest BCUT2D eigenvalue weighted by Crippen LogP contribution is -2.48. The van der Waals surface area contributed by atoms with Gasteiger partial charge in [-0.25, -0.2) is 10.2 Å². The highest BCUT2D eigenvalue weighted by Gasteiger charge is 2.05. The Hall–Kier alpha value is -2.74. The average Bonchev–Trinajstić information content (AvgIpc) is 2.69. The van der Waals surface area contributed by atoms with E-state index in [-0.39, 0.29) is 6.61 Å². The summed E-state index contributed by atoms with van der Waals surface area (Å²) in [6, 6.07) is 16.7. The van der Waals surface area contributed by atoms with Crippen LogP contribution in [0.25, 0.3) is 0 Å². The minimum atomic E-state index is -0.464. The van der Waals surface area contributed by atoms with Crippen LogP contribution in [0, 0.1) is 0 Å². The van der Waals surface area contributed by atoms with Crippen molar-refractivity contribution in [2.75, 3.05) is 31.6 Å². The molecule has 0 aliphatic heterocycles. The highest BCUT2D eigenvalue weighted by Crippen LogP contribution is 2.15. The fourth-order valence-corrected chi connectivity index (χ4v) is 2.48. The maximum absolute atomic E-state index is 11.7. The SMILES string of the molecule is CN(CCCNC(=O)NNC(=O)COc1ccc(Br)cc1)c1ccccc1. The summed E-state index contributed by atoms with van der Waals surface area (Å²) in [7, 11) is 2.00. The molecule has 0 unspecified atom stereocenters. The lowest BCUT2D eigenvalue weighted by Gasteiger charge is -2.19. The highest BCUT2D eigenvalue weighted by molar-refractivity contribution is 9.10. The zero-order chi connectivity index (χ0) is 19.5. The molecule has 0 bridgehead atoms. The van der Waals surface area contributed by atoms with E-state index in [4.69, 9.17) is 4.74 Å². The van der Waals surface area contributed by atoms with Crippen LogP contribution in [0.15, 0.2) is 59.1 Å². The van der Waals surface area contributed by atoms with Crippen molar-refractivity contribution in [1.29, 1.82) is 0 Å². The molecule has 0 spiro atoms. The second-order valence-corrected chi connectivity index (χ2v) is 6.70. The summed E-state index contributed by atoms with van der Waals surface area (Å²) in [5, 5.41) is 2.69. The van der Waals surface area contributed by atoms with Crippen LogP contribution in [0.1, 0.15) is 6.42 Å². The molecule has 0 saturated carbocycles. The minimum absolute atomic E-state index is 0.191. The van der Waals surface area contributed by atoms with E-state index >= 15 is 0 Å². The Morgan fingerprint density at radius 1 is 1.04 bits per heavy atom. The predicted molar refractivity (Wildman–Crippen MR) is 109 cm³/mol. The molecule has 0 fully saturated rings. The van der Waals surface area contributed by atoms with Gasteiger partial charge in [-0.15, -0.1) is 0 Å². The maximum Gasteiger partial charge on any atom is 0.333 e. The number of amides is 3. The smallest absolute Gasteiger partial charge is 0.333 e. The number of anilines is 1. The number of nitrogens with zero attached hydrogens (tertiary/aromatic N) is 1. The molecular weight excluding hydrogens is 412 g/mol. The van der Waals surface area contributed by atoms with E-state index in [1.165, 1.54) is 0 Å². The fourth-order valence-electron chi connectivity index (χ4n) is 2.22. The van der Waals surface area contributed by atoms with Gasteiger partial charge >= 0.3 is 6.03 Å². The van der Waals surface area contributed by atoms with E-state index in [2.05, 4.69) is 37.0 Å². The number of carbonyl (C=O) groups is 2. The number of carbonyl (C=O) groups excluding carboxylic acids is 2. The van der Waals surface area contributed by atoms with Gasteiger partial charge in [0.25, 0.3) is 5.91 Å². The normalized spacial score (nSPS) is 10.0. The van der Waals surface area contributed by atoms with E-state index < -0.39 is 11.9 Å². The Morgan fingerprint density at radius 3 is 2.44 bits per heavy atom. The average molecular weight is 435 g/mol. The van der Waals surface area contributed by atoms with Gasteiger partial charge in [-0.1, -0.05) is 34.1 Å². The predicted octanol–water partition coefficient (Wildman–Crippen LogP) is 2.68. The first-order valence-electron chi connectivity index (χ1n) is 8.52. The van der Waals surface area contributed by atoms with Crippen molar-refractivity contribution in [2.24, 2.45) is 0 Å². The topological polar surface area (TPSA) is 82.7 Å². The largest absolute Gasteiger partial charge is 0.484 e. The van der Waals surface area contributed by atoms with Crippen molar-refractivity contribution in [3.63, 3.8) is 0 Å². The van der Waals surface area contributed by atoms with Crippen LogP contribution in [0.5, 0.6) is 5.75 Å². The standard InChI is InChI=1S/C19H23BrN4O3/c1-24(16-6-3-2-4-7-16)13-5-12-21-19(26)23-22-18(25)14-27-17-10-8-15(20)9-11-17/h2-4,6-11H,5,12-14H2,1H3,(H,22,25)(H2,21,23,26). The summed E-state index contributed by atoms with van der Waals surface area (Å²) in [5.74, 6) is 0.122. The number of hydrogen-bond acceptors (Lipinski definition) is 4. The third-order valence-electron chi connectivity index (χ3n) is 3.65. The molecule has 0 radical (unpaired) electrons. The van der Waals surface area contributed by atoms with Crippen molar-refractivity contribution in [3.8, 4) is 5.75 Å². The van der Waals surface area contributed by atoms with Gasteiger partial charge in [0.1, 0.15) is 5.75 Å². The third kappa shape index (κ3) is 8.00. The molecule has 2 aromatic rings. The van der Waals surface area contributed by atoms with Gasteiger partial charge in [0.15, 0.2) is 6.61 Å². The first kappa shape index (κ1) is 20.6. The molecule has 0 aliphatic carbocycles. The Bertz CT molecular complexity index is 725. The molecule has 0 atom stereocenters. The van der Waals surface area contributed by atoms with Crippen LogP contribution in [-0.2, 0) is 4.79 Å². The van der Waals surface area contributed by atoms with E-state index in [0.717, 1.165) is 23.1 Å². The molecule has 0 saturated heterocycles. The molecule has 144 valence electrons. The van der Waals surface area contributed by atoms with Gasteiger partial charge in [0.2, 0.25) is 0 Å². The van der Waals surface area contributed by atoms with E-state index in [1.54, 1.807) is 12.1 Å². The minimum Gasteiger partial charge on any atom is -0.484 e. The zero-order valence-corrected chi connectivity index (χ0v) is 16.7. The molecule has 8 heteroatoms. The molecule has 2 aromatic carbocycles. The van der Waals surface area contributed by atoms with Gasteiger partial charge in [-0.3, -0.25) is 10.2 Å². The fraction of sp³-hybridized carbons (Fsp3) is 0.263. The quantitative estimate of drug-likeness (QED) is 0.440. The summed E-state index contributed by atoms with van der Waals surface area (Å²) >= 11 is 3.32. The second-order valence-electron chi connectivity index (χ2n) is 5.78. The number of halogens is 1. The number of ether oxygens (including phenoxy) is 1. The van der Waals surface area contributed by atoms with Crippen LogP contribution < -0.4 is 25.8 Å². The lowest BCUT2D eigenvalue weighted by molar-refractivity contribution is -0.123. The maximum atomic E-state index is 11.7. The van der Waals surface area contributed by atoms with Crippen molar-refractivity contribution in [1.82, 2.24) is 16.2 Å². The number of rotatable bonds is 8. The van der Waals surface area contributed by atoms with Crippen LogP contribution in [0.2, 0.25) is 0 Å². The van der Waals surface area contributed by atoms with Crippen LogP contribution in [0.4, 0.5) is 10.5 Å². The van der Waals surface area contributed by atoms with Crippen molar-refractivity contribution in [2.45, 2.75) is 6.42 Å². The van der Waals surface area contributed by atoms with Crippen LogP contribution >= 0.6 is 15.9 Å². The van der Waals surface area contributed by atoms with E-state index in [9.17, 15) is 9.59 Å². The first-order valence-corrected chi connectivity index (χ1v) is 9.31. The van der Waals surface area contributed by atoms with Crippen molar-refractivity contribution < 1.29 is 14.3 Å². The molecule has 0 aliphatic rings. The number of hydrogen-bond donors (Lipinski definition) is 3. The number of nitrogens with one attached hydrogen (secondary N) is 3. The highest BCUT2D eigenvalue weighted by atomic mass is 79.9. The number of hydrazine groups is 1. The molecule has 0 aromatic heterocycles. The number of para-hydroxylation sites is 1. The van der Waals surface area contributed by atoms with Crippen LogP contribution in [-0.4, -0.2) is 38.7 Å². The Balaban J connectivity index is 1.55. The monoisotopic (exact) mass is 434 g/mol. The van der Waals surface area contributed by atoms with Gasteiger partial charge < -0.3 is 15.0 Å². The molecule has 2 rings (SSSR count). The van der Waals surface area contributed by atoms with Crippen LogP contribution in [0.3, 0.4) is 0 Å². The van der Waals surface area contributed by atoms with Gasteiger partial charge in [-0.05, 0) is 42.8 Å². The Labute approximate surface area is 167 Å². The summed E-state index contributed by atoms with van der Waals surface area (Å²) < 4.78 is 6.24. The molecule has 3 N–H and O–H groups in total. The molecule has 7 nitrogen and oxygen atoms in total. The van der Waals surface area contributed by atoms with Gasteiger partial charge in [0, 0.05) is 30.3 Å². The summed E-state index contributed by atoms with van der Waals surface area (Å²) in [5.41, 5.74) is 5.72. The lowest BCUT2D eigenvalue weighted by atomic mass is 10.3. The molecule has 3 amide bonds. The second kappa shape index (κ2) is 11.1. The molecule has 27 heavy (non-hydrogen) atoms. The Morgan fingerprint density at radius 2 is 1.74 bits per heavy atom. The molecular formula is C19H23BrN4O3. The van der Waals surface area contributed by atoms with E-state index in [1.807, 2.05) is 49.5 Å². The first-order chi connectivity index (χ1) is 13.0. The number of benzene rings is 2. The zero-order valence-electron chi connectivity index (χ0n) is 15.1. The van der Waals surface area contributed by atoms with E-state index in [0.29, 0.717) is 12.3 Å². The third-order valence-corrected chi connectivity index (χ3v) is 4.18. The number of urea groups is 1. The van der Waals surface area contributed by atoms with Crippen molar-refractivity contribution >= 4 is 33.6 Å². The summed E-state index contributed by atoms with van der Waals surface area (Å²) in [4.78, 5) is 25.5. The van der Waals surface area contributed by atoms with Gasteiger partial charge in [0.05, 0.1) is 0 Å². The summed E-state index contributed by atoms with van der Waals surface area (Å²) in [6.45, 7) is 1.11. The van der Waals surface area contributed by atoms with Gasteiger partial charge in [-0.2, -0.15) is 0 Å². The van der Waals surface area contributed by atoms with Crippen molar-refractivity contribution in [3.05, 3.63) is 59.1 Å². The molecule has 0 heterocycles. The summed E-state index contributed by atoms with van der Waals surface area (Å²) in [6.07, 6.45) is 0.777. The Kier molecular flexibility index (Phi) is 8.44.